The largest absolute Gasteiger partial charge is 0.480 e. The molecular formula is C21H32N4O6S. The van der Waals surface area contributed by atoms with Gasteiger partial charge in [0.15, 0.2) is 6.04 Å². The Morgan fingerprint density at radius 2 is 1.50 bits per heavy atom. The molecule has 0 heterocycles. The maximum atomic E-state index is 13.0. The lowest BCUT2D eigenvalue weighted by atomic mass is 10.00. The molecule has 7 N–H and O–H groups in total. The van der Waals surface area contributed by atoms with Crippen LogP contribution in [0.2, 0.25) is 0 Å². The van der Waals surface area contributed by atoms with Crippen molar-refractivity contribution >= 4 is 36.3 Å². The molecule has 0 aromatic heterocycles. The standard InChI is InChI=1S/C21H32N4O6S/c1-11(2)16(20(29)25-17(12(3)26)21(30)31)24-19(28)15(23-18(27)14(22)10-32)9-13-7-5-4-6-8-13/h4-8,11-12,14-17,26,32H,9-10,22H2,1-3H3,(H,23,27)(H,24,28)(H,25,29)(H,30,31). The number of nitrogens with one attached hydrogen (secondary N) is 3. The zero-order valence-electron chi connectivity index (χ0n) is 18.3. The Balaban J connectivity index is 3.05. The second kappa shape index (κ2) is 13.0. The van der Waals surface area contributed by atoms with Crippen LogP contribution in [0, 0.1) is 5.92 Å². The number of aliphatic carboxylic acids is 1. The highest BCUT2D eigenvalue weighted by atomic mass is 32.1. The van der Waals surface area contributed by atoms with Gasteiger partial charge in [-0.2, -0.15) is 12.6 Å². The number of hydrogen-bond donors (Lipinski definition) is 7. The number of amides is 3. The Labute approximate surface area is 192 Å². The molecule has 0 bridgehead atoms. The summed E-state index contributed by atoms with van der Waals surface area (Å²) < 4.78 is 0. The molecule has 0 aliphatic heterocycles. The number of carboxylic acids is 1. The van der Waals surface area contributed by atoms with Gasteiger partial charge in [-0.15, -0.1) is 0 Å². The molecule has 11 heteroatoms. The lowest BCUT2D eigenvalue weighted by Crippen LogP contribution is -2.60. The molecule has 0 saturated heterocycles. The van der Waals surface area contributed by atoms with E-state index in [1.807, 2.05) is 6.07 Å². The number of hydrogen-bond acceptors (Lipinski definition) is 7. The molecule has 1 rings (SSSR count). The molecule has 0 fully saturated rings. The molecule has 0 spiro atoms. The SMILES string of the molecule is CC(C)C(NC(=O)C(Cc1ccccc1)NC(=O)C(N)CS)C(=O)NC(C(=O)O)C(C)O. The molecule has 3 amide bonds. The van der Waals surface area contributed by atoms with Crippen molar-refractivity contribution in [3.63, 3.8) is 0 Å². The summed E-state index contributed by atoms with van der Waals surface area (Å²) in [5.74, 6) is -3.70. The van der Waals surface area contributed by atoms with Gasteiger partial charge in [0, 0.05) is 12.2 Å². The number of carbonyl (C=O) groups is 4. The van der Waals surface area contributed by atoms with Gasteiger partial charge in [0.1, 0.15) is 12.1 Å². The summed E-state index contributed by atoms with van der Waals surface area (Å²) in [4.78, 5) is 49.3. The average Bonchev–Trinajstić information content (AvgIpc) is 2.74. The maximum Gasteiger partial charge on any atom is 0.328 e. The van der Waals surface area contributed by atoms with E-state index < -0.39 is 59.9 Å². The lowest BCUT2D eigenvalue weighted by molar-refractivity contribution is -0.145. The maximum absolute atomic E-state index is 13.0. The highest BCUT2D eigenvalue weighted by molar-refractivity contribution is 7.80. The third-order valence-corrected chi connectivity index (χ3v) is 5.14. The molecule has 5 unspecified atom stereocenters. The molecule has 10 nitrogen and oxygen atoms in total. The second-order valence-corrected chi connectivity index (χ2v) is 8.20. The summed E-state index contributed by atoms with van der Waals surface area (Å²) in [6.45, 7) is 4.58. The van der Waals surface area contributed by atoms with Gasteiger partial charge >= 0.3 is 5.97 Å². The van der Waals surface area contributed by atoms with Crippen LogP contribution >= 0.6 is 12.6 Å². The first-order valence-corrected chi connectivity index (χ1v) is 10.8. The third kappa shape index (κ3) is 8.48. The Morgan fingerprint density at radius 3 is 1.97 bits per heavy atom. The fourth-order valence-electron chi connectivity index (χ4n) is 2.84. The van der Waals surface area contributed by atoms with Gasteiger partial charge in [0.2, 0.25) is 17.7 Å². The summed E-state index contributed by atoms with van der Waals surface area (Å²) in [6, 6.07) is 4.39. The summed E-state index contributed by atoms with van der Waals surface area (Å²) in [5, 5.41) is 26.2. The molecule has 1 aromatic carbocycles. The van der Waals surface area contributed by atoms with Crippen molar-refractivity contribution in [1.82, 2.24) is 16.0 Å². The van der Waals surface area contributed by atoms with Crippen LogP contribution in [-0.2, 0) is 25.6 Å². The van der Waals surface area contributed by atoms with Crippen LogP contribution in [0.5, 0.6) is 0 Å². The first-order chi connectivity index (χ1) is 15.0. The van der Waals surface area contributed by atoms with E-state index in [2.05, 4.69) is 28.6 Å². The Kier molecular flexibility index (Phi) is 11.2. The van der Waals surface area contributed by atoms with Crippen molar-refractivity contribution in [2.24, 2.45) is 11.7 Å². The van der Waals surface area contributed by atoms with Crippen molar-refractivity contribution in [2.45, 2.75) is 57.5 Å². The highest BCUT2D eigenvalue weighted by Crippen LogP contribution is 2.08. The van der Waals surface area contributed by atoms with Crippen LogP contribution < -0.4 is 21.7 Å². The smallest absolute Gasteiger partial charge is 0.328 e. The van der Waals surface area contributed by atoms with Crippen molar-refractivity contribution in [1.29, 1.82) is 0 Å². The molecule has 1 aromatic rings. The minimum absolute atomic E-state index is 0.0818. The van der Waals surface area contributed by atoms with Crippen molar-refractivity contribution < 1.29 is 29.4 Å². The number of carbonyl (C=O) groups excluding carboxylic acids is 3. The number of rotatable bonds is 12. The minimum atomic E-state index is -1.53. The predicted octanol–water partition coefficient (Wildman–Crippen LogP) is -0.938. The summed E-state index contributed by atoms with van der Waals surface area (Å²) in [5.41, 5.74) is 6.48. The van der Waals surface area contributed by atoms with Crippen molar-refractivity contribution in [2.75, 3.05) is 5.75 Å². The second-order valence-electron chi connectivity index (χ2n) is 7.84. The van der Waals surface area contributed by atoms with Crippen LogP contribution in [0.25, 0.3) is 0 Å². The van der Waals surface area contributed by atoms with E-state index >= 15 is 0 Å². The Bertz CT molecular complexity index is 790. The van der Waals surface area contributed by atoms with E-state index in [9.17, 15) is 29.4 Å². The molecular weight excluding hydrogens is 436 g/mol. The average molecular weight is 469 g/mol. The zero-order valence-corrected chi connectivity index (χ0v) is 19.2. The fraction of sp³-hybridized carbons (Fsp3) is 0.524. The predicted molar refractivity (Wildman–Crippen MR) is 122 cm³/mol. The number of carboxylic acid groups (broad SMARTS) is 1. The molecule has 0 radical (unpaired) electrons. The molecule has 178 valence electrons. The van der Waals surface area contributed by atoms with E-state index in [1.54, 1.807) is 38.1 Å². The zero-order chi connectivity index (χ0) is 24.4. The van der Waals surface area contributed by atoms with Gasteiger partial charge < -0.3 is 31.9 Å². The lowest BCUT2D eigenvalue weighted by Gasteiger charge is -2.27. The quantitative estimate of drug-likeness (QED) is 0.194. The molecule has 0 saturated carbocycles. The van der Waals surface area contributed by atoms with Gasteiger partial charge in [0.25, 0.3) is 0 Å². The van der Waals surface area contributed by atoms with Crippen molar-refractivity contribution in [3.8, 4) is 0 Å². The van der Waals surface area contributed by atoms with Crippen LogP contribution in [0.4, 0.5) is 0 Å². The first kappa shape index (κ1) is 27.4. The number of aliphatic hydroxyl groups excluding tert-OH is 1. The van der Waals surface area contributed by atoms with E-state index in [-0.39, 0.29) is 12.2 Å². The fourth-order valence-corrected chi connectivity index (χ4v) is 3.01. The van der Waals surface area contributed by atoms with Crippen LogP contribution in [0.1, 0.15) is 26.3 Å². The van der Waals surface area contributed by atoms with Gasteiger partial charge in [-0.25, -0.2) is 4.79 Å². The van der Waals surface area contributed by atoms with E-state index in [4.69, 9.17) is 5.73 Å². The van der Waals surface area contributed by atoms with Crippen molar-refractivity contribution in [3.05, 3.63) is 35.9 Å². The normalized spacial score (nSPS) is 15.7. The minimum Gasteiger partial charge on any atom is -0.480 e. The van der Waals surface area contributed by atoms with Gasteiger partial charge in [-0.3, -0.25) is 14.4 Å². The molecule has 32 heavy (non-hydrogen) atoms. The van der Waals surface area contributed by atoms with Gasteiger partial charge in [-0.1, -0.05) is 44.2 Å². The third-order valence-electron chi connectivity index (χ3n) is 4.74. The summed E-state index contributed by atoms with van der Waals surface area (Å²) in [7, 11) is 0. The molecule has 0 aliphatic carbocycles. The number of nitrogens with two attached hydrogens (primary N) is 1. The monoisotopic (exact) mass is 468 g/mol. The van der Waals surface area contributed by atoms with E-state index in [0.717, 1.165) is 5.56 Å². The van der Waals surface area contributed by atoms with Gasteiger partial charge in [-0.05, 0) is 18.4 Å². The van der Waals surface area contributed by atoms with E-state index in [0.29, 0.717) is 0 Å². The van der Waals surface area contributed by atoms with Crippen LogP contribution in [0.15, 0.2) is 30.3 Å². The van der Waals surface area contributed by atoms with Crippen LogP contribution in [0.3, 0.4) is 0 Å². The van der Waals surface area contributed by atoms with Gasteiger partial charge in [0.05, 0.1) is 12.1 Å². The number of benzene rings is 1. The Morgan fingerprint density at radius 1 is 0.938 bits per heavy atom. The highest BCUT2D eigenvalue weighted by Gasteiger charge is 2.33. The number of aliphatic hydroxyl groups is 1. The Hall–Kier alpha value is -2.63. The first-order valence-electron chi connectivity index (χ1n) is 10.2. The molecule has 0 aliphatic rings. The number of thiol groups is 1. The topological polar surface area (TPSA) is 171 Å². The summed E-state index contributed by atoms with van der Waals surface area (Å²) >= 11 is 3.99. The van der Waals surface area contributed by atoms with E-state index in [1.165, 1.54) is 6.92 Å². The summed E-state index contributed by atoms with van der Waals surface area (Å²) in [6.07, 6.45) is -1.19. The molecule has 5 atom stereocenters. The van der Waals surface area contributed by atoms with Crippen LogP contribution in [-0.4, -0.2) is 69.9 Å².